The van der Waals surface area contributed by atoms with Crippen molar-refractivity contribution in [2.24, 2.45) is 0 Å². The second kappa shape index (κ2) is 10.3. The van der Waals surface area contributed by atoms with Gasteiger partial charge in [-0.15, -0.1) is 0 Å². The number of nitrogens with two attached hydrogens (primary N) is 1. The summed E-state index contributed by atoms with van der Waals surface area (Å²) in [5, 5.41) is 18.2. The number of amides is 1. The number of rotatable bonds is 4. The zero-order valence-corrected chi connectivity index (χ0v) is 18.6. The van der Waals surface area contributed by atoms with E-state index in [1.165, 1.54) is 12.1 Å². The maximum atomic E-state index is 12.8. The van der Waals surface area contributed by atoms with Gasteiger partial charge in [-0.25, -0.2) is 0 Å². The zero-order valence-electron chi connectivity index (χ0n) is 18.6. The van der Waals surface area contributed by atoms with Crippen molar-refractivity contribution in [1.29, 1.82) is 5.41 Å². The van der Waals surface area contributed by atoms with Gasteiger partial charge in [-0.1, -0.05) is 18.2 Å². The molecule has 0 radical (unpaired) electrons. The highest BCUT2D eigenvalue weighted by molar-refractivity contribution is 6.45. The smallest absolute Gasteiger partial charge is 0.416 e. The van der Waals surface area contributed by atoms with Crippen LogP contribution in [0.3, 0.4) is 0 Å². The minimum atomic E-state index is -4.39. The molecule has 0 aromatic heterocycles. The highest BCUT2D eigenvalue weighted by atomic mass is 19.4. The molecule has 2 atom stereocenters. The van der Waals surface area contributed by atoms with Gasteiger partial charge in [0.15, 0.2) is 0 Å². The molecule has 182 valence electrons. The lowest BCUT2D eigenvalue weighted by molar-refractivity contribution is -0.137. The summed E-state index contributed by atoms with van der Waals surface area (Å²) in [6.45, 7) is -0.250. The number of alkyl halides is 3. The van der Waals surface area contributed by atoms with Crippen LogP contribution in [0.4, 0.5) is 18.9 Å². The Morgan fingerprint density at radius 2 is 1.65 bits per heavy atom. The van der Waals surface area contributed by atoms with Crippen LogP contribution in [0.1, 0.15) is 36.8 Å². The molecule has 2 saturated heterocycles. The Labute approximate surface area is 195 Å². The number of fused-ring (bicyclic) bond motifs is 2. The van der Waals surface area contributed by atoms with Gasteiger partial charge in [0.2, 0.25) is 0 Å². The number of carbonyl (C=O) groups excluding carboxylic acids is 1. The molecule has 0 saturated carbocycles. The SMILES string of the molecule is CN1C2CCC1CC(NC(=O)C(=N)c1ccc(-c3ccc(C(F)(F)F)cc3)cc1N)C2.O=CO. The standard InChI is InChI=1S/C23H25F3N4O.CH2O2/c1-30-17-7-8-18(30)12-16(11-17)29-22(31)21(28)19-9-4-14(10-20(19)27)13-2-5-15(6-3-13)23(24,25)26;2-1-3/h2-6,9-10,16-18,28H,7-8,11-12,27H2,1H3,(H,29,31);1H,(H,2,3). The van der Waals surface area contributed by atoms with Gasteiger partial charge in [-0.3, -0.25) is 15.0 Å². The molecule has 2 heterocycles. The van der Waals surface area contributed by atoms with Crippen LogP contribution in [0.15, 0.2) is 42.5 Å². The lowest BCUT2D eigenvalue weighted by Gasteiger charge is -2.36. The highest BCUT2D eigenvalue weighted by Crippen LogP contribution is 2.34. The minimum absolute atomic E-state index is 0.0502. The van der Waals surface area contributed by atoms with Gasteiger partial charge < -0.3 is 21.1 Å². The Morgan fingerprint density at radius 3 is 2.15 bits per heavy atom. The van der Waals surface area contributed by atoms with Gasteiger partial charge in [0.1, 0.15) is 5.71 Å². The molecule has 4 rings (SSSR count). The van der Waals surface area contributed by atoms with Crippen LogP contribution >= 0.6 is 0 Å². The highest BCUT2D eigenvalue weighted by Gasteiger charge is 2.39. The predicted octanol–water partition coefficient (Wildman–Crippen LogP) is 3.76. The first-order chi connectivity index (χ1) is 16.0. The molecule has 2 aromatic carbocycles. The first-order valence-corrected chi connectivity index (χ1v) is 10.8. The van der Waals surface area contributed by atoms with Crippen molar-refractivity contribution < 1.29 is 27.9 Å². The molecule has 1 amide bonds. The predicted molar refractivity (Wildman–Crippen MR) is 123 cm³/mol. The maximum absolute atomic E-state index is 12.8. The van der Waals surface area contributed by atoms with Crippen LogP contribution in [0.25, 0.3) is 11.1 Å². The molecule has 5 N–H and O–H groups in total. The number of benzene rings is 2. The second-order valence-corrected chi connectivity index (χ2v) is 8.55. The van der Waals surface area contributed by atoms with E-state index in [1.807, 2.05) is 0 Å². The molecule has 2 aliphatic heterocycles. The van der Waals surface area contributed by atoms with E-state index in [0.29, 0.717) is 28.8 Å². The quantitative estimate of drug-likeness (QED) is 0.304. The third-order valence-corrected chi connectivity index (χ3v) is 6.53. The van der Waals surface area contributed by atoms with E-state index in [0.717, 1.165) is 37.8 Å². The van der Waals surface area contributed by atoms with Crippen molar-refractivity contribution in [1.82, 2.24) is 10.2 Å². The maximum Gasteiger partial charge on any atom is 0.416 e. The molecule has 2 aromatic rings. The fourth-order valence-electron chi connectivity index (χ4n) is 4.73. The van der Waals surface area contributed by atoms with Crippen molar-refractivity contribution in [3.8, 4) is 11.1 Å². The van der Waals surface area contributed by atoms with Crippen molar-refractivity contribution >= 4 is 23.8 Å². The van der Waals surface area contributed by atoms with Crippen LogP contribution in [0, 0.1) is 5.41 Å². The number of nitrogen functional groups attached to an aromatic ring is 1. The average molecular weight is 476 g/mol. The number of hydrogen-bond acceptors (Lipinski definition) is 5. The first-order valence-electron chi connectivity index (χ1n) is 10.8. The van der Waals surface area contributed by atoms with Crippen LogP contribution in [0.5, 0.6) is 0 Å². The summed E-state index contributed by atoms with van der Waals surface area (Å²) in [6.07, 6.45) is -0.341. The van der Waals surface area contributed by atoms with Gasteiger partial charge in [0.25, 0.3) is 12.4 Å². The van der Waals surface area contributed by atoms with E-state index in [1.54, 1.807) is 18.2 Å². The molecule has 34 heavy (non-hydrogen) atoms. The van der Waals surface area contributed by atoms with Gasteiger partial charge in [-0.05, 0) is 68.1 Å². The second-order valence-electron chi connectivity index (χ2n) is 8.55. The molecule has 10 heteroatoms. The molecular formula is C24H27F3N4O3. The van der Waals surface area contributed by atoms with E-state index in [9.17, 15) is 18.0 Å². The largest absolute Gasteiger partial charge is 0.483 e. The lowest BCUT2D eigenvalue weighted by atomic mass is 9.96. The topological polar surface area (TPSA) is 120 Å². The number of halogens is 3. The summed E-state index contributed by atoms with van der Waals surface area (Å²) in [7, 11) is 2.13. The normalized spacial score (nSPS) is 21.8. The third-order valence-electron chi connectivity index (χ3n) is 6.53. The van der Waals surface area contributed by atoms with E-state index < -0.39 is 17.6 Å². The van der Waals surface area contributed by atoms with Gasteiger partial charge in [0, 0.05) is 29.4 Å². The summed E-state index contributed by atoms with van der Waals surface area (Å²) in [4.78, 5) is 23.4. The van der Waals surface area contributed by atoms with E-state index in [2.05, 4.69) is 17.3 Å². The number of nitrogens with one attached hydrogen (secondary N) is 2. The monoisotopic (exact) mass is 476 g/mol. The summed E-state index contributed by atoms with van der Waals surface area (Å²) in [5.41, 5.74) is 6.91. The number of carbonyl (C=O) groups is 2. The summed E-state index contributed by atoms with van der Waals surface area (Å²) in [6, 6.07) is 10.6. The lowest BCUT2D eigenvalue weighted by Crippen LogP contribution is -2.50. The van der Waals surface area contributed by atoms with Gasteiger partial charge in [-0.2, -0.15) is 13.2 Å². The number of piperidine rings is 1. The van der Waals surface area contributed by atoms with Gasteiger partial charge >= 0.3 is 6.18 Å². The Bertz CT molecular complexity index is 1040. The summed E-state index contributed by atoms with van der Waals surface area (Å²) >= 11 is 0. The Kier molecular flexibility index (Phi) is 7.61. The first kappa shape index (κ1) is 25.2. The number of anilines is 1. The molecule has 7 nitrogen and oxygen atoms in total. The van der Waals surface area contributed by atoms with Crippen LogP contribution in [-0.4, -0.2) is 53.3 Å². The Morgan fingerprint density at radius 1 is 1.12 bits per heavy atom. The Hall–Kier alpha value is -3.40. The fraction of sp³-hybridized carbons (Fsp3) is 0.375. The zero-order chi connectivity index (χ0) is 25.0. The van der Waals surface area contributed by atoms with Crippen molar-refractivity contribution in [2.45, 2.75) is 50.0 Å². The number of carboxylic acid groups (broad SMARTS) is 1. The number of hydrogen-bond donors (Lipinski definition) is 4. The Balaban J connectivity index is 0.00000103. The molecule has 0 aliphatic carbocycles. The van der Waals surface area contributed by atoms with Crippen molar-refractivity contribution in [3.05, 3.63) is 53.6 Å². The molecule has 2 aliphatic rings. The van der Waals surface area contributed by atoms with Crippen LogP contribution in [-0.2, 0) is 15.8 Å². The van der Waals surface area contributed by atoms with E-state index in [4.69, 9.17) is 21.0 Å². The van der Waals surface area contributed by atoms with Crippen molar-refractivity contribution in [3.63, 3.8) is 0 Å². The third kappa shape index (κ3) is 5.56. The molecule has 0 spiro atoms. The molecule has 2 unspecified atom stereocenters. The minimum Gasteiger partial charge on any atom is -0.483 e. The summed E-state index contributed by atoms with van der Waals surface area (Å²) < 4.78 is 38.3. The molecule has 2 fully saturated rings. The van der Waals surface area contributed by atoms with E-state index in [-0.39, 0.29) is 23.9 Å². The average Bonchev–Trinajstić information content (AvgIpc) is 2.99. The van der Waals surface area contributed by atoms with Gasteiger partial charge in [0.05, 0.1) is 5.56 Å². The molecule has 2 bridgehead atoms. The van der Waals surface area contributed by atoms with Crippen molar-refractivity contribution in [2.75, 3.05) is 12.8 Å². The van der Waals surface area contributed by atoms with Crippen LogP contribution in [0.2, 0.25) is 0 Å². The fourth-order valence-corrected chi connectivity index (χ4v) is 4.73. The van der Waals surface area contributed by atoms with E-state index >= 15 is 0 Å². The number of nitrogens with zero attached hydrogens (tertiary/aromatic N) is 1. The van der Waals surface area contributed by atoms with Crippen LogP contribution < -0.4 is 11.1 Å². The molecular weight excluding hydrogens is 449 g/mol. The summed E-state index contributed by atoms with van der Waals surface area (Å²) in [5.74, 6) is -0.456.